The van der Waals surface area contributed by atoms with Gasteiger partial charge >= 0.3 is 5.97 Å². The molecule has 1 N–H and O–H groups in total. The van der Waals surface area contributed by atoms with Crippen molar-refractivity contribution in [2.75, 3.05) is 20.8 Å². The zero-order valence-electron chi connectivity index (χ0n) is 16.4. The van der Waals surface area contributed by atoms with E-state index in [-0.39, 0.29) is 23.9 Å². The Labute approximate surface area is 168 Å². The number of carbonyl (C=O) groups is 2. The average molecular weight is 398 g/mol. The number of aldehydes is 1. The number of phenols is 1. The number of phenolic OH excluding ortho intramolecular Hbond substituents is 1. The molecule has 0 radical (unpaired) electrons. The van der Waals surface area contributed by atoms with E-state index in [1.807, 2.05) is 0 Å². The van der Waals surface area contributed by atoms with Crippen LogP contribution in [0.3, 0.4) is 0 Å². The standard InChI is InChI=1S/C22H22O7/c1-4-28-22(25)21(14-16-7-9-17(24)19(13-16)26-2)29-18-10-8-15(6-5-11-23)12-20(18)27-3/h5-14,24H,4H2,1-3H3/b6-5+,21-14-. The van der Waals surface area contributed by atoms with E-state index < -0.39 is 5.97 Å². The molecule has 0 aliphatic rings. The van der Waals surface area contributed by atoms with Crippen molar-refractivity contribution in [1.29, 1.82) is 0 Å². The van der Waals surface area contributed by atoms with Gasteiger partial charge in [0.1, 0.15) is 6.29 Å². The monoisotopic (exact) mass is 398 g/mol. The van der Waals surface area contributed by atoms with Gasteiger partial charge in [-0.3, -0.25) is 4.79 Å². The van der Waals surface area contributed by atoms with Crippen LogP contribution >= 0.6 is 0 Å². The quantitative estimate of drug-likeness (QED) is 0.299. The average Bonchev–Trinajstić information content (AvgIpc) is 2.73. The molecule has 2 aromatic carbocycles. The number of allylic oxidation sites excluding steroid dienone is 1. The fourth-order valence-electron chi connectivity index (χ4n) is 2.41. The Bertz CT molecular complexity index is 929. The molecule has 0 saturated heterocycles. The molecule has 7 nitrogen and oxygen atoms in total. The molecule has 29 heavy (non-hydrogen) atoms. The molecule has 2 rings (SSSR count). The maximum absolute atomic E-state index is 12.4. The van der Waals surface area contributed by atoms with Crippen LogP contribution in [0.4, 0.5) is 0 Å². The Kier molecular flexibility index (Phi) is 7.85. The second-order valence-electron chi connectivity index (χ2n) is 5.67. The first-order valence-electron chi connectivity index (χ1n) is 8.76. The van der Waals surface area contributed by atoms with E-state index in [4.69, 9.17) is 18.9 Å². The SMILES string of the molecule is CCOC(=O)/C(=C/c1ccc(O)c(OC)c1)Oc1ccc(/C=C/C=O)cc1OC. The van der Waals surface area contributed by atoms with Crippen LogP contribution in [0.15, 0.2) is 48.2 Å². The van der Waals surface area contributed by atoms with Crippen LogP contribution in [-0.2, 0) is 14.3 Å². The van der Waals surface area contributed by atoms with Crippen LogP contribution in [-0.4, -0.2) is 38.2 Å². The van der Waals surface area contributed by atoms with Crippen LogP contribution in [0, 0.1) is 0 Å². The highest BCUT2D eigenvalue weighted by atomic mass is 16.6. The van der Waals surface area contributed by atoms with Gasteiger partial charge in [-0.1, -0.05) is 18.2 Å². The second kappa shape index (κ2) is 10.6. The number of methoxy groups -OCH3 is 2. The molecule has 2 aromatic rings. The minimum Gasteiger partial charge on any atom is -0.504 e. The third kappa shape index (κ3) is 5.87. The number of hydrogen-bond acceptors (Lipinski definition) is 7. The van der Waals surface area contributed by atoms with Crippen molar-refractivity contribution in [1.82, 2.24) is 0 Å². The fourth-order valence-corrected chi connectivity index (χ4v) is 2.41. The van der Waals surface area contributed by atoms with Crippen molar-refractivity contribution in [3.8, 4) is 23.0 Å². The van der Waals surface area contributed by atoms with E-state index in [1.54, 1.807) is 43.3 Å². The maximum atomic E-state index is 12.4. The predicted octanol–water partition coefficient (Wildman–Crippen LogP) is 3.60. The molecule has 0 amide bonds. The Morgan fingerprint density at radius 2 is 1.69 bits per heavy atom. The van der Waals surface area contributed by atoms with Gasteiger partial charge in [0, 0.05) is 0 Å². The van der Waals surface area contributed by atoms with E-state index in [0.29, 0.717) is 23.3 Å². The van der Waals surface area contributed by atoms with Crippen LogP contribution in [0.1, 0.15) is 18.1 Å². The minimum atomic E-state index is -0.661. The Balaban J connectivity index is 2.42. The summed E-state index contributed by atoms with van der Waals surface area (Å²) in [7, 11) is 2.89. The smallest absolute Gasteiger partial charge is 0.374 e. The zero-order chi connectivity index (χ0) is 21.2. The highest BCUT2D eigenvalue weighted by Gasteiger charge is 2.17. The molecule has 0 fully saturated rings. The Morgan fingerprint density at radius 1 is 1.00 bits per heavy atom. The third-order valence-electron chi connectivity index (χ3n) is 3.75. The molecule has 0 aromatic heterocycles. The van der Waals surface area contributed by atoms with E-state index in [0.717, 1.165) is 5.56 Å². The number of hydrogen-bond donors (Lipinski definition) is 1. The molecular formula is C22H22O7. The summed E-state index contributed by atoms with van der Waals surface area (Å²) in [5.74, 6) is 0.160. The summed E-state index contributed by atoms with van der Waals surface area (Å²) >= 11 is 0. The van der Waals surface area contributed by atoms with Gasteiger partial charge in [-0.05, 0) is 54.5 Å². The molecule has 0 heterocycles. The molecule has 0 aliphatic carbocycles. The molecular weight excluding hydrogens is 376 g/mol. The molecule has 0 aliphatic heterocycles. The van der Waals surface area contributed by atoms with Gasteiger partial charge in [0.05, 0.1) is 20.8 Å². The summed E-state index contributed by atoms with van der Waals surface area (Å²) in [5, 5.41) is 9.74. The van der Waals surface area contributed by atoms with Crippen molar-refractivity contribution < 1.29 is 33.6 Å². The third-order valence-corrected chi connectivity index (χ3v) is 3.75. The molecule has 0 spiro atoms. The first-order valence-corrected chi connectivity index (χ1v) is 8.76. The van der Waals surface area contributed by atoms with E-state index in [9.17, 15) is 14.7 Å². The zero-order valence-corrected chi connectivity index (χ0v) is 16.4. The van der Waals surface area contributed by atoms with Crippen LogP contribution in [0.2, 0.25) is 0 Å². The predicted molar refractivity (Wildman–Crippen MR) is 108 cm³/mol. The van der Waals surface area contributed by atoms with Crippen LogP contribution < -0.4 is 14.2 Å². The number of ether oxygens (including phenoxy) is 4. The largest absolute Gasteiger partial charge is 0.504 e. The van der Waals surface area contributed by atoms with Gasteiger partial charge in [-0.2, -0.15) is 0 Å². The molecule has 0 saturated carbocycles. The summed E-state index contributed by atoms with van der Waals surface area (Å²) in [6, 6.07) is 9.61. The van der Waals surface area contributed by atoms with Gasteiger partial charge in [0.2, 0.25) is 5.76 Å². The lowest BCUT2D eigenvalue weighted by Crippen LogP contribution is -2.13. The first kappa shape index (κ1) is 21.6. The van der Waals surface area contributed by atoms with Crippen molar-refractivity contribution in [3.05, 3.63) is 59.4 Å². The highest BCUT2D eigenvalue weighted by molar-refractivity contribution is 5.92. The first-order chi connectivity index (χ1) is 14.0. The lowest BCUT2D eigenvalue weighted by Gasteiger charge is -2.13. The summed E-state index contributed by atoms with van der Waals surface area (Å²) < 4.78 is 21.3. The van der Waals surface area contributed by atoms with Gasteiger partial charge in [0.15, 0.2) is 23.0 Å². The lowest BCUT2D eigenvalue weighted by molar-refractivity contribution is -0.140. The van der Waals surface area contributed by atoms with E-state index in [1.165, 1.54) is 32.4 Å². The second-order valence-corrected chi connectivity index (χ2v) is 5.67. The normalized spacial score (nSPS) is 11.2. The highest BCUT2D eigenvalue weighted by Crippen LogP contribution is 2.32. The maximum Gasteiger partial charge on any atom is 0.374 e. The fraction of sp³-hybridized carbons (Fsp3) is 0.182. The summed E-state index contributed by atoms with van der Waals surface area (Å²) in [4.78, 5) is 22.9. The van der Waals surface area contributed by atoms with Gasteiger partial charge < -0.3 is 24.1 Å². The number of benzene rings is 2. The number of aromatic hydroxyl groups is 1. The van der Waals surface area contributed by atoms with Crippen LogP contribution in [0.5, 0.6) is 23.0 Å². The topological polar surface area (TPSA) is 91.3 Å². The molecule has 0 unspecified atom stereocenters. The molecule has 152 valence electrons. The molecule has 0 bridgehead atoms. The van der Waals surface area contributed by atoms with Gasteiger partial charge in [-0.15, -0.1) is 0 Å². The Morgan fingerprint density at radius 3 is 2.34 bits per heavy atom. The number of esters is 1. The number of carbonyl (C=O) groups excluding carboxylic acids is 2. The van der Waals surface area contributed by atoms with Gasteiger partial charge in [-0.25, -0.2) is 4.79 Å². The summed E-state index contributed by atoms with van der Waals surface area (Å²) in [6.45, 7) is 1.86. The molecule has 0 atom stereocenters. The molecule has 7 heteroatoms. The van der Waals surface area contributed by atoms with Crippen molar-refractivity contribution in [3.63, 3.8) is 0 Å². The summed E-state index contributed by atoms with van der Waals surface area (Å²) in [5.41, 5.74) is 1.29. The van der Waals surface area contributed by atoms with Crippen LogP contribution in [0.25, 0.3) is 12.2 Å². The van der Waals surface area contributed by atoms with Gasteiger partial charge in [0.25, 0.3) is 0 Å². The number of rotatable bonds is 9. The Hall–Kier alpha value is -3.74. The van der Waals surface area contributed by atoms with E-state index >= 15 is 0 Å². The van der Waals surface area contributed by atoms with Crippen molar-refractivity contribution in [2.45, 2.75) is 6.92 Å². The van der Waals surface area contributed by atoms with Crippen molar-refractivity contribution >= 4 is 24.4 Å². The lowest BCUT2D eigenvalue weighted by atomic mass is 10.1. The summed E-state index contributed by atoms with van der Waals surface area (Å²) in [6.07, 6.45) is 5.12. The minimum absolute atomic E-state index is 0.0242. The van der Waals surface area contributed by atoms with Crippen molar-refractivity contribution in [2.24, 2.45) is 0 Å². The van der Waals surface area contributed by atoms with E-state index in [2.05, 4.69) is 0 Å².